The molecule has 0 saturated carbocycles. The van der Waals surface area contributed by atoms with Crippen LogP contribution in [0.3, 0.4) is 0 Å². The van der Waals surface area contributed by atoms with E-state index in [-0.39, 0.29) is 11.2 Å². The molecule has 32 heavy (non-hydrogen) atoms. The van der Waals surface area contributed by atoms with E-state index in [1.807, 2.05) is 41.3 Å². The minimum absolute atomic E-state index is 0.107. The number of carbonyl (C=O) groups is 1. The van der Waals surface area contributed by atoms with Gasteiger partial charge < -0.3 is 4.90 Å². The molecule has 0 unspecified atom stereocenters. The first kappa shape index (κ1) is 22.0. The highest BCUT2D eigenvalue weighted by Gasteiger charge is 2.28. The zero-order valence-corrected chi connectivity index (χ0v) is 18.2. The number of thiocarbonyl (C=S) groups is 1. The summed E-state index contributed by atoms with van der Waals surface area (Å²) in [5.41, 5.74) is 1.79. The molecule has 1 saturated heterocycles. The normalized spacial score (nSPS) is 14.4. The lowest BCUT2D eigenvalue weighted by molar-refractivity contribution is 0.0959. The molecule has 0 bridgehead atoms. The van der Waals surface area contributed by atoms with Crippen molar-refractivity contribution in [3.05, 3.63) is 107 Å². The van der Waals surface area contributed by atoms with E-state index in [0.717, 1.165) is 25.2 Å². The van der Waals surface area contributed by atoms with Crippen LogP contribution in [0, 0.1) is 11.6 Å². The molecule has 164 valence electrons. The van der Waals surface area contributed by atoms with Crippen molar-refractivity contribution in [3.63, 3.8) is 0 Å². The quantitative estimate of drug-likeness (QED) is 0.597. The zero-order chi connectivity index (χ0) is 22.5. The lowest BCUT2D eigenvalue weighted by Gasteiger charge is -2.40. The van der Waals surface area contributed by atoms with Gasteiger partial charge in [-0.25, -0.2) is 8.78 Å². The fourth-order valence-electron chi connectivity index (χ4n) is 4.02. The summed E-state index contributed by atoms with van der Waals surface area (Å²) in [4.78, 5) is 16.6. The van der Waals surface area contributed by atoms with E-state index in [1.54, 1.807) is 0 Å². The Balaban J connectivity index is 1.43. The number of nitrogens with one attached hydrogen (secondary N) is 1. The molecule has 7 heteroatoms. The molecule has 1 amide bonds. The van der Waals surface area contributed by atoms with Gasteiger partial charge in [0.25, 0.3) is 5.91 Å². The monoisotopic (exact) mass is 451 g/mol. The van der Waals surface area contributed by atoms with Crippen LogP contribution in [0.4, 0.5) is 8.78 Å². The molecule has 0 aliphatic carbocycles. The van der Waals surface area contributed by atoms with E-state index in [9.17, 15) is 13.6 Å². The predicted molar refractivity (Wildman–Crippen MR) is 124 cm³/mol. The second-order valence-electron chi connectivity index (χ2n) is 7.60. The van der Waals surface area contributed by atoms with Gasteiger partial charge in [0.2, 0.25) is 0 Å². The van der Waals surface area contributed by atoms with Crippen LogP contribution >= 0.6 is 12.2 Å². The Morgan fingerprint density at radius 1 is 0.781 bits per heavy atom. The van der Waals surface area contributed by atoms with E-state index in [4.69, 9.17) is 12.2 Å². The second-order valence-corrected chi connectivity index (χ2v) is 7.99. The molecule has 3 aromatic carbocycles. The van der Waals surface area contributed by atoms with Crippen LogP contribution in [-0.2, 0) is 0 Å². The van der Waals surface area contributed by atoms with Crippen LogP contribution in [0.2, 0.25) is 0 Å². The molecule has 1 heterocycles. The van der Waals surface area contributed by atoms with Crippen molar-refractivity contribution in [1.82, 2.24) is 15.1 Å². The summed E-state index contributed by atoms with van der Waals surface area (Å²) in [5.74, 6) is -2.70. The number of benzene rings is 3. The first-order valence-corrected chi connectivity index (χ1v) is 10.8. The summed E-state index contributed by atoms with van der Waals surface area (Å²) in [6.45, 7) is 2.63. The van der Waals surface area contributed by atoms with Crippen molar-refractivity contribution in [2.75, 3.05) is 26.2 Å². The summed E-state index contributed by atoms with van der Waals surface area (Å²) in [6.07, 6.45) is 0. The summed E-state index contributed by atoms with van der Waals surface area (Å²) in [6, 6.07) is 24.1. The maximum atomic E-state index is 13.9. The van der Waals surface area contributed by atoms with Crippen LogP contribution < -0.4 is 5.32 Å². The molecule has 4 nitrogen and oxygen atoms in total. The number of rotatable bonds is 4. The highest BCUT2D eigenvalue weighted by atomic mass is 32.1. The third kappa shape index (κ3) is 4.84. The number of hydrogen-bond donors (Lipinski definition) is 1. The topological polar surface area (TPSA) is 35.6 Å². The van der Waals surface area contributed by atoms with Gasteiger partial charge in [0.15, 0.2) is 5.11 Å². The molecule has 1 N–H and O–H groups in total. The number of amides is 1. The van der Waals surface area contributed by atoms with E-state index in [0.29, 0.717) is 13.1 Å². The van der Waals surface area contributed by atoms with Gasteiger partial charge in [0.1, 0.15) is 17.2 Å². The van der Waals surface area contributed by atoms with Crippen LogP contribution in [-0.4, -0.2) is 47.0 Å². The molecular weight excluding hydrogens is 428 g/mol. The van der Waals surface area contributed by atoms with Crippen molar-refractivity contribution in [1.29, 1.82) is 0 Å². The largest absolute Gasteiger partial charge is 0.346 e. The van der Waals surface area contributed by atoms with Gasteiger partial charge >= 0.3 is 0 Å². The number of carbonyl (C=O) groups excluding carboxylic acids is 1. The lowest BCUT2D eigenvalue weighted by atomic mass is 9.96. The molecule has 0 radical (unpaired) electrons. The Morgan fingerprint density at radius 2 is 1.28 bits per heavy atom. The minimum atomic E-state index is -0.913. The van der Waals surface area contributed by atoms with Crippen LogP contribution in [0.1, 0.15) is 27.5 Å². The Bertz CT molecular complexity index is 1030. The molecule has 4 rings (SSSR count). The van der Waals surface area contributed by atoms with E-state index in [1.165, 1.54) is 17.2 Å². The smallest absolute Gasteiger partial charge is 0.263 e. The third-order valence-electron chi connectivity index (χ3n) is 5.61. The average molecular weight is 452 g/mol. The van der Waals surface area contributed by atoms with Gasteiger partial charge in [-0.05, 0) is 35.5 Å². The minimum Gasteiger partial charge on any atom is -0.346 e. The summed E-state index contributed by atoms with van der Waals surface area (Å²) in [7, 11) is 0. The SMILES string of the molecule is O=C(NC(=S)N1CCN(C(c2ccccc2)c2ccccc2)CC1)c1c(F)cccc1F. The molecule has 1 fully saturated rings. The summed E-state index contributed by atoms with van der Waals surface area (Å²) < 4.78 is 27.8. The molecule has 3 aromatic rings. The lowest BCUT2D eigenvalue weighted by Crippen LogP contribution is -2.53. The molecule has 1 aliphatic heterocycles. The average Bonchev–Trinajstić information content (AvgIpc) is 2.81. The maximum Gasteiger partial charge on any atom is 0.263 e. The molecule has 0 atom stereocenters. The van der Waals surface area contributed by atoms with Gasteiger partial charge in [-0.2, -0.15) is 0 Å². The Labute approximate surface area is 191 Å². The second kappa shape index (κ2) is 9.97. The highest BCUT2D eigenvalue weighted by molar-refractivity contribution is 7.80. The first-order chi connectivity index (χ1) is 15.5. The van der Waals surface area contributed by atoms with E-state index < -0.39 is 23.1 Å². The van der Waals surface area contributed by atoms with E-state index in [2.05, 4.69) is 34.5 Å². The van der Waals surface area contributed by atoms with Crippen molar-refractivity contribution in [3.8, 4) is 0 Å². The van der Waals surface area contributed by atoms with Crippen molar-refractivity contribution in [2.24, 2.45) is 0 Å². The highest BCUT2D eigenvalue weighted by Crippen LogP contribution is 2.29. The molecule has 0 aromatic heterocycles. The van der Waals surface area contributed by atoms with Crippen LogP contribution in [0.25, 0.3) is 0 Å². The fraction of sp³-hybridized carbons (Fsp3) is 0.200. The first-order valence-electron chi connectivity index (χ1n) is 10.4. The zero-order valence-electron chi connectivity index (χ0n) is 17.4. The summed E-state index contributed by atoms with van der Waals surface area (Å²) >= 11 is 5.36. The number of hydrogen-bond acceptors (Lipinski definition) is 3. The van der Waals surface area contributed by atoms with Gasteiger partial charge in [-0.15, -0.1) is 0 Å². The Hall–Kier alpha value is -3.16. The van der Waals surface area contributed by atoms with Gasteiger partial charge in [0, 0.05) is 26.2 Å². The van der Waals surface area contributed by atoms with Crippen molar-refractivity contribution < 1.29 is 13.6 Å². The molecule has 1 aliphatic rings. The van der Waals surface area contributed by atoms with Crippen molar-refractivity contribution >= 4 is 23.2 Å². The van der Waals surface area contributed by atoms with Gasteiger partial charge in [-0.3, -0.25) is 15.0 Å². The fourth-order valence-corrected chi connectivity index (χ4v) is 4.30. The van der Waals surface area contributed by atoms with Gasteiger partial charge in [0.05, 0.1) is 6.04 Å². The Morgan fingerprint density at radius 3 is 1.78 bits per heavy atom. The third-order valence-corrected chi connectivity index (χ3v) is 5.97. The standard InChI is InChI=1S/C25H23F2N3OS/c26-20-12-7-13-21(27)22(20)24(31)28-25(32)30-16-14-29(15-17-30)23(18-8-3-1-4-9-18)19-10-5-2-6-11-19/h1-13,23H,14-17H2,(H,28,31,32). The predicted octanol–water partition coefficient (Wildman–Crippen LogP) is 4.39. The molecule has 0 spiro atoms. The Kier molecular flexibility index (Phi) is 6.87. The number of halogens is 2. The van der Waals surface area contributed by atoms with Gasteiger partial charge in [-0.1, -0.05) is 66.7 Å². The summed E-state index contributed by atoms with van der Waals surface area (Å²) in [5, 5.41) is 2.65. The van der Waals surface area contributed by atoms with Crippen LogP contribution in [0.15, 0.2) is 78.9 Å². The number of piperazine rings is 1. The van der Waals surface area contributed by atoms with E-state index >= 15 is 0 Å². The van der Waals surface area contributed by atoms with Crippen LogP contribution in [0.5, 0.6) is 0 Å². The number of nitrogens with zero attached hydrogens (tertiary/aromatic N) is 2. The molecular formula is C25H23F2N3OS. The van der Waals surface area contributed by atoms with Crippen molar-refractivity contribution in [2.45, 2.75) is 6.04 Å². The maximum absolute atomic E-state index is 13.9.